The molecular formula is C17H24N3O2+. The van der Waals surface area contributed by atoms with Crippen LogP contribution in [0.1, 0.15) is 28.9 Å². The number of aromatic nitrogens is 1. The number of quaternary nitrogens is 1. The Hall–Kier alpha value is -2.14. The average Bonchev–Trinajstić information content (AvgIpc) is 2.45. The van der Waals surface area contributed by atoms with Crippen LogP contribution in [0, 0.1) is 6.92 Å². The van der Waals surface area contributed by atoms with Crippen LogP contribution in [0.5, 0.6) is 0 Å². The third kappa shape index (κ3) is 4.18. The number of benzene rings is 1. The molecule has 0 amide bonds. The second kappa shape index (κ2) is 7.22. The van der Waals surface area contributed by atoms with Crippen molar-refractivity contribution < 1.29 is 14.8 Å². The maximum atomic E-state index is 11.1. The number of aromatic carboxylic acids is 1. The number of aryl methyl sites for hydroxylation is 1. The molecule has 3 N–H and O–H groups in total. The van der Waals surface area contributed by atoms with Crippen molar-refractivity contribution in [1.29, 1.82) is 0 Å². The number of unbranched alkanes of at least 4 members (excludes halogenated alkanes) is 1. The molecule has 1 heterocycles. The van der Waals surface area contributed by atoms with E-state index in [0.29, 0.717) is 0 Å². The lowest BCUT2D eigenvalue weighted by Gasteiger charge is -2.12. The fourth-order valence-electron chi connectivity index (χ4n) is 2.47. The fraction of sp³-hybridized carbons (Fsp3) is 0.412. The van der Waals surface area contributed by atoms with E-state index in [1.807, 2.05) is 19.1 Å². The van der Waals surface area contributed by atoms with Gasteiger partial charge in [0.1, 0.15) is 0 Å². The summed E-state index contributed by atoms with van der Waals surface area (Å²) in [7, 11) is 4.32. The minimum atomic E-state index is -0.925. The highest BCUT2D eigenvalue weighted by atomic mass is 16.4. The van der Waals surface area contributed by atoms with Gasteiger partial charge in [0.05, 0.1) is 31.7 Å². The molecule has 2 rings (SSSR count). The number of fused-ring (bicyclic) bond motifs is 1. The first-order valence-electron chi connectivity index (χ1n) is 7.65. The third-order valence-corrected chi connectivity index (χ3v) is 3.60. The van der Waals surface area contributed by atoms with Crippen LogP contribution in [0.15, 0.2) is 24.3 Å². The minimum Gasteiger partial charge on any atom is -0.478 e. The highest BCUT2D eigenvalue weighted by molar-refractivity contribution is 5.97. The van der Waals surface area contributed by atoms with E-state index in [4.69, 9.17) is 5.11 Å². The van der Waals surface area contributed by atoms with Crippen molar-refractivity contribution in [2.24, 2.45) is 0 Å². The molecular weight excluding hydrogens is 278 g/mol. The highest BCUT2D eigenvalue weighted by Crippen LogP contribution is 2.24. The van der Waals surface area contributed by atoms with Crippen molar-refractivity contribution in [1.82, 2.24) is 4.98 Å². The first-order chi connectivity index (χ1) is 10.5. The van der Waals surface area contributed by atoms with Gasteiger partial charge >= 0.3 is 5.97 Å². The van der Waals surface area contributed by atoms with E-state index in [1.54, 1.807) is 12.1 Å². The van der Waals surface area contributed by atoms with Gasteiger partial charge in [0.15, 0.2) is 0 Å². The minimum absolute atomic E-state index is 0.269. The summed E-state index contributed by atoms with van der Waals surface area (Å²) in [4.78, 5) is 17.0. The number of nitrogens with one attached hydrogen (secondary N) is 2. The number of hydrogen-bond acceptors (Lipinski definition) is 3. The molecule has 0 bridgehead atoms. The topological polar surface area (TPSA) is 66.7 Å². The molecule has 0 atom stereocenters. The van der Waals surface area contributed by atoms with Crippen LogP contribution in [-0.4, -0.2) is 43.2 Å². The molecule has 0 saturated carbocycles. The van der Waals surface area contributed by atoms with Crippen LogP contribution in [0.3, 0.4) is 0 Å². The molecule has 22 heavy (non-hydrogen) atoms. The van der Waals surface area contributed by atoms with Crippen molar-refractivity contribution >= 4 is 22.6 Å². The van der Waals surface area contributed by atoms with E-state index in [9.17, 15) is 4.79 Å². The SMILES string of the molecule is Cc1cc(NCCCC[NH+](C)C)c2ccc(C(=O)O)cc2n1. The predicted molar refractivity (Wildman–Crippen MR) is 88.8 cm³/mol. The van der Waals surface area contributed by atoms with Gasteiger partial charge in [-0.15, -0.1) is 0 Å². The van der Waals surface area contributed by atoms with Crippen molar-refractivity contribution in [3.05, 3.63) is 35.5 Å². The maximum Gasteiger partial charge on any atom is 0.335 e. The lowest BCUT2D eigenvalue weighted by molar-refractivity contribution is -0.858. The molecule has 0 aliphatic heterocycles. The van der Waals surface area contributed by atoms with Crippen LogP contribution in [0.2, 0.25) is 0 Å². The second-order valence-corrected chi connectivity index (χ2v) is 5.94. The average molecular weight is 302 g/mol. The van der Waals surface area contributed by atoms with E-state index >= 15 is 0 Å². The molecule has 0 spiro atoms. The van der Waals surface area contributed by atoms with Gasteiger partial charge in [-0.3, -0.25) is 4.98 Å². The first-order valence-corrected chi connectivity index (χ1v) is 7.65. The Kier molecular flexibility index (Phi) is 5.33. The summed E-state index contributed by atoms with van der Waals surface area (Å²) >= 11 is 0. The van der Waals surface area contributed by atoms with Gasteiger partial charge in [-0.2, -0.15) is 0 Å². The predicted octanol–water partition coefficient (Wildman–Crippen LogP) is 1.58. The smallest absolute Gasteiger partial charge is 0.335 e. The van der Waals surface area contributed by atoms with Crippen LogP contribution in [-0.2, 0) is 0 Å². The number of carboxylic acids is 1. The summed E-state index contributed by atoms with van der Waals surface area (Å²) < 4.78 is 0. The normalized spacial score (nSPS) is 11.1. The fourth-order valence-corrected chi connectivity index (χ4v) is 2.47. The monoisotopic (exact) mass is 302 g/mol. The number of carboxylic acid groups (broad SMARTS) is 1. The Bertz CT molecular complexity index is 668. The van der Waals surface area contributed by atoms with Gasteiger partial charge < -0.3 is 15.3 Å². The van der Waals surface area contributed by atoms with Crippen molar-refractivity contribution in [2.75, 3.05) is 32.5 Å². The van der Waals surface area contributed by atoms with Gasteiger partial charge in [-0.05, 0) is 44.0 Å². The summed E-state index contributed by atoms with van der Waals surface area (Å²) in [6.07, 6.45) is 2.29. The number of rotatable bonds is 7. The lowest BCUT2D eigenvalue weighted by Crippen LogP contribution is -3.05. The number of hydrogen-bond donors (Lipinski definition) is 3. The first kappa shape index (κ1) is 16.2. The molecule has 5 nitrogen and oxygen atoms in total. The Labute approximate surface area is 131 Å². The molecule has 0 aliphatic rings. The zero-order valence-electron chi connectivity index (χ0n) is 13.4. The van der Waals surface area contributed by atoms with Crippen LogP contribution >= 0.6 is 0 Å². The summed E-state index contributed by atoms with van der Waals surface area (Å²) in [6.45, 7) is 4.00. The maximum absolute atomic E-state index is 11.1. The molecule has 0 aliphatic carbocycles. The van der Waals surface area contributed by atoms with E-state index in [1.165, 1.54) is 17.9 Å². The van der Waals surface area contributed by atoms with Crippen LogP contribution < -0.4 is 10.2 Å². The van der Waals surface area contributed by atoms with E-state index in [-0.39, 0.29) is 5.56 Å². The second-order valence-electron chi connectivity index (χ2n) is 5.94. The van der Waals surface area contributed by atoms with E-state index in [0.717, 1.165) is 35.2 Å². The molecule has 5 heteroatoms. The van der Waals surface area contributed by atoms with Gasteiger partial charge in [0.25, 0.3) is 0 Å². The van der Waals surface area contributed by atoms with E-state index in [2.05, 4.69) is 24.4 Å². The Morgan fingerprint density at radius 3 is 2.73 bits per heavy atom. The zero-order valence-corrected chi connectivity index (χ0v) is 13.4. The van der Waals surface area contributed by atoms with Gasteiger partial charge in [0.2, 0.25) is 0 Å². The number of nitrogens with zero attached hydrogens (tertiary/aromatic N) is 1. The molecule has 118 valence electrons. The molecule has 0 radical (unpaired) electrons. The largest absolute Gasteiger partial charge is 0.478 e. The van der Waals surface area contributed by atoms with Gasteiger partial charge in [-0.1, -0.05) is 0 Å². The zero-order chi connectivity index (χ0) is 16.1. The van der Waals surface area contributed by atoms with E-state index < -0.39 is 5.97 Å². The van der Waals surface area contributed by atoms with Gasteiger partial charge in [0, 0.05) is 23.3 Å². The number of anilines is 1. The Morgan fingerprint density at radius 2 is 2.05 bits per heavy atom. The Morgan fingerprint density at radius 1 is 1.27 bits per heavy atom. The lowest BCUT2D eigenvalue weighted by atomic mass is 10.1. The number of carbonyl (C=O) groups is 1. The third-order valence-electron chi connectivity index (χ3n) is 3.60. The highest BCUT2D eigenvalue weighted by Gasteiger charge is 2.08. The molecule has 0 unspecified atom stereocenters. The number of pyridine rings is 1. The quantitative estimate of drug-likeness (QED) is 0.679. The molecule has 2 aromatic rings. The molecule has 1 aromatic carbocycles. The van der Waals surface area contributed by atoms with Crippen molar-refractivity contribution in [3.63, 3.8) is 0 Å². The van der Waals surface area contributed by atoms with Crippen molar-refractivity contribution in [2.45, 2.75) is 19.8 Å². The summed E-state index contributed by atoms with van der Waals surface area (Å²) in [5, 5.41) is 13.5. The van der Waals surface area contributed by atoms with Crippen molar-refractivity contribution in [3.8, 4) is 0 Å². The summed E-state index contributed by atoms with van der Waals surface area (Å²) in [5.41, 5.74) is 2.90. The molecule has 0 saturated heterocycles. The Balaban J connectivity index is 2.13. The summed E-state index contributed by atoms with van der Waals surface area (Å²) in [6, 6.07) is 7.10. The van der Waals surface area contributed by atoms with Crippen LogP contribution in [0.4, 0.5) is 5.69 Å². The standard InChI is InChI=1S/C17H23N3O2/c1-12-10-15(18-8-4-5-9-20(2)3)14-7-6-13(17(21)22)11-16(14)19-12/h6-7,10-11H,4-5,8-9H2,1-3H3,(H,18,19)(H,21,22)/p+1. The van der Waals surface area contributed by atoms with Crippen LogP contribution in [0.25, 0.3) is 10.9 Å². The van der Waals surface area contributed by atoms with Gasteiger partial charge in [-0.25, -0.2) is 4.79 Å². The molecule has 0 fully saturated rings. The molecule has 1 aromatic heterocycles. The summed E-state index contributed by atoms with van der Waals surface area (Å²) in [5.74, 6) is -0.925.